The Labute approximate surface area is 194 Å². The van der Waals surface area contributed by atoms with Crippen LogP contribution >= 0.6 is 0 Å². The average Bonchev–Trinajstić information content (AvgIpc) is 2.88. The number of nitrogens with zero attached hydrogens (tertiary/aromatic N) is 2. The standard InChI is InChI=1S/C29H40N2O/c1-4-10-24(11-5-1)30-22-20-27(21-23-30)31(25-12-6-2-7-13-25)26-16-18-29(19-17-26)32-28-14-8-3-9-15-28/h3,8-9,14-19,24-25,27H,1-2,4-7,10-13,20-23H2. The number of hydrogen-bond acceptors (Lipinski definition) is 3. The van der Waals surface area contributed by atoms with Gasteiger partial charge in [-0.25, -0.2) is 0 Å². The Hall–Kier alpha value is -2.00. The fourth-order valence-corrected chi connectivity index (χ4v) is 6.37. The summed E-state index contributed by atoms with van der Waals surface area (Å²) in [5.74, 6) is 1.83. The number of hydrogen-bond donors (Lipinski definition) is 0. The molecule has 2 saturated carbocycles. The Morgan fingerprint density at radius 3 is 1.81 bits per heavy atom. The van der Waals surface area contributed by atoms with E-state index in [2.05, 4.69) is 34.1 Å². The predicted molar refractivity (Wildman–Crippen MR) is 134 cm³/mol. The van der Waals surface area contributed by atoms with Crippen LogP contribution in [0.5, 0.6) is 11.5 Å². The van der Waals surface area contributed by atoms with Gasteiger partial charge in [0.1, 0.15) is 11.5 Å². The van der Waals surface area contributed by atoms with Crippen LogP contribution < -0.4 is 9.64 Å². The van der Waals surface area contributed by atoms with Crippen molar-refractivity contribution in [1.82, 2.24) is 4.90 Å². The van der Waals surface area contributed by atoms with E-state index in [1.165, 1.54) is 95.8 Å². The summed E-state index contributed by atoms with van der Waals surface area (Å²) >= 11 is 0. The second kappa shape index (κ2) is 10.7. The Morgan fingerprint density at radius 1 is 0.594 bits per heavy atom. The van der Waals surface area contributed by atoms with Crippen LogP contribution in [-0.4, -0.2) is 36.1 Å². The SMILES string of the molecule is c1ccc(Oc2ccc(N(C3CCCCC3)C3CCN(C4CCCCC4)CC3)cc2)cc1. The molecule has 1 saturated heterocycles. The molecule has 3 aliphatic rings. The number of ether oxygens (including phenoxy) is 1. The average molecular weight is 433 g/mol. The minimum absolute atomic E-state index is 0.679. The quantitative estimate of drug-likeness (QED) is 0.472. The Kier molecular flexibility index (Phi) is 7.33. The van der Waals surface area contributed by atoms with Gasteiger partial charge in [-0.3, -0.25) is 0 Å². The highest BCUT2D eigenvalue weighted by atomic mass is 16.5. The molecule has 0 atom stereocenters. The van der Waals surface area contributed by atoms with Crippen molar-refractivity contribution in [3.8, 4) is 11.5 Å². The predicted octanol–water partition coefficient (Wildman–Crippen LogP) is 7.42. The van der Waals surface area contributed by atoms with Gasteiger partial charge in [0.05, 0.1) is 0 Å². The lowest BCUT2D eigenvalue weighted by Gasteiger charge is -2.47. The molecular weight excluding hydrogens is 392 g/mol. The van der Waals surface area contributed by atoms with Crippen molar-refractivity contribution in [1.29, 1.82) is 0 Å². The molecule has 1 heterocycles. The third-order valence-corrected chi connectivity index (χ3v) is 8.07. The van der Waals surface area contributed by atoms with E-state index in [4.69, 9.17) is 4.74 Å². The Bertz CT molecular complexity index is 801. The number of anilines is 1. The molecule has 172 valence electrons. The molecule has 1 aliphatic heterocycles. The molecule has 2 aromatic carbocycles. The summed E-state index contributed by atoms with van der Waals surface area (Å²) in [5, 5.41) is 0. The first-order valence-corrected chi connectivity index (χ1v) is 13.2. The number of benzene rings is 2. The van der Waals surface area contributed by atoms with Gasteiger partial charge < -0.3 is 14.5 Å². The summed E-state index contributed by atoms with van der Waals surface area (Å²) in [4.78, 5) is 5.65. The van der Waals surface area contributed by atoms with Crippen LogP contribution in [-0.2, 0) is 0 Å². The molecule has 5 rings (SSSR count). The van der Waals surface area contributed by atoms with Gasteiger partial charge in [-0.1, -0.05) is 56.7 Å². The molecule has 0 radical (unpaired) electrons. The number of likely N-dealkylation sites (tertiary alicyclic amines) is 1. The zero-order valence-corrected chi connectivity index (χ0v) is 19.6. The van der Waals surface area contributed by atoms with Crippen molar-refractivity contribution >= 4 is 5.69 Å². The highest BCUT2D eigenvalue weighted by Crippen LogP contribution is 2.35. The molecule has 3 nitrogen and oxygen atoms in total. The summed E-state index contributed by atoms with van der Waals surface area (Å²) in [6, 6.07) is 21.3. The maximum absolute atomic E-state index is 6.06. The Balaban J connectivity index is 1.28. The van der Waals surface area contributed by atoms with Gasteiger partial charge in [-0.05, 0) is 74.9 Å². The summed E-state index contributed by atoms with van der Waals surface area (Å²) in [6.07, 6.45) is 16.7. The molecule has 0 bridgehead atoms. The molecule has 2 aromatic rings. The third kappa shape index (κ3) is 5.31. The van der Waals surface area contributed by atoms with Gasteiger partial charge in [0.15, 0.2) is 0 Å². The van der Waals surface area contributed by atoms with E-state index < -0.39 is 0 Å². The topological polar surface area (TPSA) is 15.7 Å². The first-order chi connectivity index (χ1) is 15.9. The lowest BCUT2D eigenvalue weighted by atomic mass is 9.89. The minimum Gasteiger partial charge on any atom is -0.457 e. The van der Waals surface area contributed by atoms with Crippen molar-refractivity contribution in [2.75, 3.05) is 18.0 Å². The fraction of sp³-hybridized carbons (Fsp3) is 0.586. The van der Waals surface area contributed by atoms with E-state index in [-0.39, 0.29) is 0 Å². The van der Waals surface area contributed by atoms with E-state index in [0.29, 0.717) is 12.1 Å². The molecule has 0 N–H and O–H groups in total. The first-order valence-electron chi connectivity index (χ1n) is 13.2. The van der Waals surface area contributed by atoms with E-state index >= 15 is 0 Å². The normalized spacial score (nSPS) is 22.0. The molecule has 3 heteroatoms. The molecule has 0 amide bonds. The van der Waals surface area contributed by atoms with Crippen molar-refractivity contribution in [3.05, 3.63) is 54.6 Å². The minimum atomic E-state index is 0.679. The van der Waals surface area contributed by atoms with Gasteiger partial charge in [-0.15, -0.1) is 0 Å². The highest BCUT2D eigenvalue weighted by Gasteiger charge is 2.32. The number of piperidine rings is 1. The monoisotopic (exact) mass is 432 g/mol. The van der Waals surface area contributed by atoms with E-state index in [0.717, 1.165) is 17.5 Å². The van der Waals surface area contributed by atoms with Gasteiger partial charge in [0.25, 0.3) is 0 Å². The lowest BCUT2D eigenvalue weighted by molar-refractivity contribution is 0.118. The van der Waals surface area contributed by atoms with Crippen LogP contribution in [0.3, 0.4) is 0 Å². The second-order valence-electron chi connectivity index (χ2n) is 10.2. The third-order valence-electron chi connectivity index (χ3n) is 8.07. The van der Waals surface area contributed by atoms with Crippen LogP contribution in [0.4, 0.5) is 5.69 Å². The maximum atomic E-state index is 6.06. The van der Waals surface area contributed by atoms with Gasteiger partial charge in [0.2, 0.25) is 0 Å². The number of para-hydroxylation sites is 1. The second-order valence-corrected chi connectivity index (χ2v) is 10.2. The molecule has 0 aromatic heterocycles. The van der Waals surface area contributed by atoms with Gasteiger partial charge >= 0.3 is 0 Å². The van der Waals surface area contributed by atoms with E-state index in [1.807, 2.05) is 30.3 Å². The molecule has 32 heavy (non-hydrogen) atoms. The van der Waals surface area contributed by atoms with E-state index in [9.17, 15) is 0 Å². The molecule has 2 aliphatic carbocycles. The lowest BCUT2D eigenvalue weighted by Crippen LogP contribution is -2.52. The summed E-state index contributed by atoms with van der Waals surface area (Å²) in [7, 11) is 0. The van der Waals surface area contributed by atoms with Crippen LogP contribution in [0.15, 0.2) is 54.6 Å². The van der Waals surface area contributed by atoms with E-state index in [1.54, 1.807) is 0 Å². The van der Waals surface area contributed by atoms with Crippen molar-refractivity contribution in [2.45, 2.75) is 95.2 Å². The van der Waals surface area contributed by atoms with Crippen molar-refractivity contribution in [2.24, 2.45) is 0 Å². The summed E-state index contributed by atoms with van der Waals surface area (Å²) in [5.41, 5.74) is 1.40. The molecule has 0 unspecified atom stereocenters. The Morgan fingerprint density at radius 2 is 1.16 bits per heavy atom. The zero-order valence-electron chi connectivity index (χ0n) is 19.6. The smallest absolute Gasteiger partial charge is 0.127 e. The fourth-order valence-electron chi connectivity index (χ4n) is 6.37. The van der Waals surface area contributed by atoms with Gasteiger partial charge in [0, 0.05) is 36.9 Å². The van der Waals surface area contributed by atoms with Crippen LogP contribution in [0.25, 0.3) is 0 Å². The van der Waals surface area contributed by atoms with Crippen LogP contribution in [0.1, 0.15) is 77.0 Å². The first kappa shape index (κ1) is 21.8. The number of rotatable bonds is 6. The van der Waals surface area contributed by atoms with Crippen LogP contribution in [0, 0.1) is 0 Å². The molecule has 0 spiro atoms. The maximum Gasteiger partial charge on any atom is 0.127 e. The zero-order chi connectivity index (χ0) is 21.6. The molecule has 3 fully saturated rings. The largest absolute Gasteiger partial charge is 0.457 e. The van der Waals surface area contributed by atoms with Crippen molar-refractivity contribution < 1.29 is 4.74 Å². The van der Waals surface area contributed by atoms with Crippen molar-refractivity contribution in [3.63, 3.8) is 0 Å². The van der Waals surface area contributed by atoms with Crippen LogP contribution in [0.2, 0.25) is 0 Å². The summed E-state index contributed by atoms with van der Waals surface area (Å²) in [6.45, 7) is 2.57. The molecular formula is C29H40N2O. The van der Waals surface area contributed by atoms with Gasteiger partial charge in [-0.2, -0.15) is 0 Å². The highest BCUT2D eigenvalue weighted by molar-refractivity contribution is 5.51. The summed E-state index contributed by atoms with van der Waals surface area (Å²) < 4.78 is 6.06.